The summed E-state index contributed by atoms with van der Waals surface area (Å²) in [5.41, 5.74) is 8.39. The number of piperazine rings is 1. The molecule has 0 aliphatic carbocycles. The number of nitrogens with zero attached hydrogens (tertiary/aromatic N) is 3. The quantitative estimate of drug-likeness (QED) is 0.512. The van der Waals surface area contributed by atoms with E-state index in [0.29, 0.717) is 16.8 Å². The van der Waals surface area contributed by atoms with Crippen LogP contribution in [0.4, 0.5) is 11.6 Å². The largest absolute Gasteiger partial charge is 0.383 e. The first kappa shape index (κ1) is 19.6. The summed E-state index contributed by atoms with van der Waals surface area (Å²) in [6.07, 6.45) is 1.56. The third-order valence-corrected chi connectivity index (χ3v) is 5.14. The number of aromatic nitrogens is 2. The van der Waals surface area contributed by atoms with E-state index in [0.717, 1.165) is 25.5 Å². The zero-order valence-electron chi connectivity index (χ0n) is 16.8. The zero-order chi connectivity index (χ0) is 20.9. The predicted molar refractivity (Wildman–Crippen MR) is 125 cm³/mol. The molecule has 0 unspecified atom stereocenters. The summed E-state index contributed by atoms with van der Waals surface area (Å²) in [7, 11) is 0. The van der Waals surface area contributed by atoms with Crippen molar-refractivity contribution in [1.29, 1.82) is 0 Å². The number of nitrogens with one attached hydrogen (secondary N) is 1. The van der Waals surface area contributed by atoms with Gasteiger partial charge in [-0.2, -0.15) is 0 Å². The fourth-order valence-corrected chi connectivity index (χ4v) is 3.64. The van der Waals surface area contributed by atoms with Crippen molar-refractivity contribution >= 4 is 17.4 Å². The molecule has 0 saturated carbocycles. The number of anilines is 2. The SMILES string of the molecule is CC#Cc1ccc(N2CCN[C@H](c3ccccc3)C2)nc1C(=O)c1cccnc1N.[HH].[HH].[HH]. The molecule has 156 valence electrons. The molecular formula is C24H29N5O. The zero-order valence-corrected chi connectivity index (χ0v) is 16.8. The lowest BCUT2D eigenvalue weighted by atomic mass is 10.0. The second kappa shape index (κ2) is 8.76. The number of carbonyl (C=O) groups excluding carboxylic acids is 1. The van der Waals surface area contributed by atoms with Gasteiger partial charge in [-0.15, -0.1) is 5.92 Å². The number of nitrogens with two attached hydrogens (primary N) is 1. The maximum Gasteiger partial charge on any atom is 0.216 e. The van der Waals surface area contributed by atoms with Gasteiger partial charge in [0.05, 0.1) is 11.1 Å². The molecule has 1 fully saturated rings. The van der Waals surface area contributed by atoms with Gasteiger partial charge in [0.1, 0.15) is 17.3 Å². The first-order valence-corrected chi connectivity index (χ1v) is 9.89. The van der Waals surface area contributed by atoms with Crippen LogP contribution in [0.15, 0.2) is 60.8 Å². The molecule has 0 spiro atoms. The van der Waals surface area contributed by atoms with Crippen molar-refractivity contribution in [2.75, 3.05) is 30.3 Å². The molecule has 3 aromatic rings. The minimum absolute atomic E-state index is 0. The van der Waals surface area contributed by atoms with Crippen LogP contribution in [-0.4, -0.2) is 35.4 Å². The molecule has 1 saturated heterocycles. The Hall–Kier alpha value is -3.69. The molecule has 1 atom stereocenters. The Bertz CT molecular complexity index is 1130. The Kier molecular flexibility index (Phi) is 5.73. The fraction of sp³-hybridized carbons (Fsp3) is 0.208. The van der Waals surface area contributed by atoms with Crippen LogP contribution < -0.4 is 16.0 Å². The molecule has 6 nitrogen and oxygen atoms in total. The van der Waals surface area contributed by atoms with E-state index in [-0.39, 0.29) is 21.9 Å². The number of carbonyl (C=O) groups is 1. The molecule has 2 aromatic heterocycles. The number of pyridine rings is 2. The highest BCUT2D eigenvalue weighted by molar-refractivity contribution is 6.11. The average molecular weight is 404 g/mol. The molecule has 1 aromatic carbocycles. The summed E-state index contributed by atoms with van der Waals surface area (Å²) in [6.45, 7) is 4.13. The van der Waals surface area contributed by atoms with Crippen LogP contribution in [0.1, 0.15) is 44.4 Å². The van der Waals surface area contributed by atoms with Crippen LogP contribution in [-0.2, 0) is 0 Å². The summed E-state index contributed by atoms with van der Waals surface area (Å²) in [5.74, 6) is 6.52. The molecule has 0 radical (unpaired) electrons. The number of hydrogen-bond acceptors (Lipinski definition) is 6. The number of hydrogen-bond donors (Lipinski definition) is 2. The van der Waals surface area contributed by atoms with Crippen LogP contribution in [0.2, 0.25) is 0 Å². The van der Waals surface area contributed by atoms with E-state index in [1.54, 1.807) is 25.3 Å². The molecule has 1 aliphatic rings. The van der Waals surface area contributed by atoms with Crippen LogP contribution >= 0.6 is 0 Å². The fourth-order valence-electron chi connectivity index (χ4n) is 3.64. The van der Waals surface area contributed by atoms with Gasteiger partial charge in [-0.25, -0.2) is 9.97 Å². The molecular weight excluding hydrogens is 374 g/mol. The van der Waals surface area contributed by atoms with Gasteiger partial charge < -0.3 is 16.0 Å². The smallest absolute Gasteiger partial charge is 0.216 e. The van der Waals surface area contributed by atoms with Gasteiger partial charge in [0.2, 0.25) is 5.78 Å². The van der Waals surface area contributed by atoms with Gasteiger partial charge in [0.15, 0.2) is 0 Å². The first-order valence-electron chi connectivity index (χ1n) is 9.89. The maximum atomic E-state index is 13.2. The average Bonchev–Trinajstić information content (AvgIpc) is 2.80. The van der Waals surface area contributed by atoms with Gasteiger partial charge in [0.25, 0.3) is 0 Å². The van der Waals surface area contributed by atoms with Crippen LogP contribution in [0.5, 0.6) is 0 Å². The third kappa shape index (κ3) is 4.02. The summed E-state index contributed by atoms with van der Waals surface area (Å²) in [6, 6.07) is 17.7. The van der Waals surface area contributed by atoms with Crippen molar-refractivity contribution in [1.82, 2.24) is 15.3 Å². The summed E-state index contributed by atoms with van der Waals surface area (Å²) in [5, 5.41) is 3.55. The van der Waals surface area contributed by atoms with Crippen molar-refractivity contribution < 1.29 is 9.07 Å². The van der Waals surface area contributed by atoms with E-state index in [4.69, 9.17) is 10.7 Å². The van der Waals surface area contributed by atoms with E-state index < -0.39 is 0 Å². The molecule has 0 amide bonds. The van der Waals surface area contributed by atoms with Gasteiger partial charge in [-0.3, -0.25) is 4.79 Å². The van der Waals surface area contributed by atoms with Gasteiger partial charge in [-0.1, -0.05) is 36.3 Å². The Morgan fingerprint density at radius 3 is 2.80 bits per heavy atom. The van der Waals surface area contributed by atoms with Gasteiger partial charge >= 0.3 is 0 Å². The van der Waals surface area contributed by atoms with Crippen LogP contribution in [0.25, 0.3) is 0 Å². The number of rotatable bonds is 4. The molecule has 4 rings (SSSR count). The molecule has 30 heavy (non-hydrogen) atoms. The van der Waals surface area contributed by atoms with Crippen molar-refractivity contribution in [3.63, 3.8) is 0 Å². The summed E-state index contributed by atoms with van der Waals surface area (Å²) >= 11 is 0. The van der Waals surface area contributed by atoms with Crippen LogP contribution in [0, 0.1) is 11.8 Å². The lowest BCUT2D eigenvalue weighted by molar-refractivity contribution is 0.103. The Morgan fingerprint density at radius 1 is 1.20 bits per heavy atom. The third-order valence-electron chi connectivity index (χ3n) is 5.14. The Balaban J connectivity index is 0.00000181. The monoisotopic (exact) mass is 403 g/mol. The molecule has 3 N–H and O–H groups in total. The maximum absolute atomic E-state index is 13.2. The number of nitrogen functional groups attached to an aromatic ring is 1. The predicted octanol–water partition coefficient (Wildman–Crippen LogP) is 3.55. The van der Waals surface area contributed by atoms with Crippen molar-refractivity contribution in [3.8, 4) is 11.8 Å². The number of benzene rings is 1. The molecule has 0 bridgehead atoms. The Labute approximate surface area is 180 Å². The minimum atomic E-state index is -0.269. The van der Waals surface area contributed by atoms with E-state index in [1.165, 1.54) is 5.56 Å². The van der Waals surface area contributed by atoms with E-state index in [2.05, 4.69) is 39.2 Å². The van der Waals surface area contributed by atoms with E-state index >= 15 is 0 Å². The molecule has 1 aliphatic heterocycles. The first-order chi connectivity index (χ1) is 14.7. The summed E-state index contributed by atoms with van der Waals surface area (Å²) < 4.78 is 0. The van der Waals surface area contributed by atoms with Gasteiger partial charge in [0, 0.05) is 36.2 Å². The van der Waals surface area contributed by atoms with Crippen LogP contribution in [0.3, 0.4) is 0 Å². The van der Waals surface area contributed by atoms with Crippen molar-refractivity contribution in [2.45, 2.75) is 13.0 Å². The molecule has 3 heterocycles. The Morgan fingerprint density at radius 2 is 2.03 bits per heavy atom. The normalized spacial score (nSPS) is 15.9. The second-order valence-corrected chi connectivity index (χ2v) is 7.07. The minimum Gasteiger partial charge on any atom is -0.383 e. The van der Waals surface area contributed by atoms with E-state index in [9.17, 15) is 4.79 Å². The highest BCUT2D eigenvalue weighted by Gasteiger charge is 2.24. The standard InChI is InChI=1S/C24H23N5O.3H2/c1-2-7-18-11-12-21(28-22(18)23(30)19-10-6-13-27-24(19)25)29-15-14-26-20(16-29)17-8-4-3-5-9-17;;;/h3-6,8-13,20,26H,14-16H2,1H3,(H2,25,27);3*1H/t20-;;;/m0.../s1. The van der Waals surface area contributed by atoms with Crippen molar-refractivity contribution in [3.05, 3.63) is 83.2 Å². The number of ketones is 1. The second-order valence-electron chi connectivity index (χ2n) is 7.07. The van der Waals surface area contributed by atoms with E-state index in [1.807, 2.05) is 30.3 Å². The van der Waals surface area contributed by atoms with Crippen molar-refractivity contribution in [2.24, 2.45) is 0 Å². The van der Waals surface area contributed by atoms with Gasteiger partial charge in [-0.05, 0) is 36.8 Å². The molecule has 6 heteroatoms. The lowest BCUT2D eigenvalue weighted by Crippen LogP contribution is -2.46. The highest BCUT2D eigenvalue weighted by atomic mass is 16.1. The lowest BCUT2D eigenvalue weighted by Gasteiger charge is -2.35. The summed E-state index contributed by atoms with van der Waals surface area (Å²) in [4.78, 5) is 24.2. The highest BCUT2D eigenvalue weighted by Crippen LogP contribution is 2.24. The topological polar surface area (TPSA) is 84.1 Å².